The zero-order valence-electron chi connectivity index (χ0n) is 9.44. The number of hydrogen-bond donors (Lipinski definition) is 1. The Labute approximate surface area is 96.0 Å². The average Bonchev–Trinajstić information content (AvgIpc) is 2.30. The fourth-order valence-corrected chi connectivity index (χ4v) is 2.05. The highest BCUT2D eigenvalue weighted by Gasteiger charge is 2.21. The zero-order valence-corrected chi connectivity index (χ0v) is 9.44. The van der Waals surface area contributed by atoms with Crippen molar-refractivity contribution < 1.29 is 4.74 Å². The SMILES string of the molecule is C[C@H](CC#N)N[C@@H]1CCOc2ccccc21. The fraction of sp³-hybridized carbons (Fsp3) is 0.462. The third-order valence-corrected chi connectivity index (χ3v) is 2.84. The van der Waals surface area contributed by atoms with Crippen LogP contribution in [0.2, 0.25) is 0 Å². The molecule has 1 aliphatic rings. The number of nitriles is 1. The summed E-state index contributed by atoms with van der Waals surface area (Å²) >= 11 is 0. The smallest absolute Gasteiger partial charge is 0.124 e. The third kappa shape index (κ3) is 2.34. The maximum atomic E-state index is 8.65. The number of ether oxygens (including phenoxy) is 1. The largest absolute Gasteiger partial charge is 0.493 e. The minimum absolute atomic E-state index is 0.223. The van der Waals surface area contributed by atoms with Crippen molar-refractivity contribution in [2.24, 2.45) is 0 Å². The molecule has 3 nitrogen and oxygen atoms in total. The van der Waals surface area contributed by atoms with Crippen LogP contribution < -0.4 is 10.1 Å². The van der Waals surface area contributed by atoms with Crippen LogP contribution in [0.1, 0.15) is 31.4 Å². The van der Waals surface area contributed by atoms with Crippen molar-refractivity contribution in [3.05, 3.63) is 29.8 Å². The van der Waals surface area contributed by atoms with E-state index in [0.717, 1.165) is 18.8 Å². The van der Waals surface area contributed by atoms with Gasteiger partial charge in [0.2, 0.25) is 0 Å². The summed E-state index contributed by atoms with van der Waals surface area (Å²) in [7, 11) is 0. The molecule has 3 heteroatoms. The normalized spacial score (nSPS) is 20.4. The molecule has 1 aromatic carbocycles. The summed E-state index contributed by atoms with van der Waals surface area (Å²) in [6.07, 6.45) is 1.51. The molecule has 0 saturated heterocycles. The predicted molar refractivity (Wildman–Crippen MR) is 62.1 cm³/mol. The van der Waals surface area contributed by atoms with E-state index >= 15 is 0 Å². The first kappa shape index (κ1) is 11.0. The Bertz CT molecular complexity index is 397. The van der Waals surface area contributed by atoms with E-state index in [1.807, 2.05) is 25.1 Å². The molecule has 2 rings (SSSR count). The highest BCUT2D eigenvalue weighted by Crippen LogP contribution is 2.31. The number of nitrogens with one attached hydrogen (secondary N) is 1. The second-order valence-corrected chi connectivity index (χ2v) is 4.16. The lowest BCUT2D eigenvalue weighted by atomic mass is 9.99. The average molecular weight is 216 g/mol. The van der Waals surface area contributed by atoms with Crippen molar-refractivity contribution >= 4 is 0 Å². The van der Waals surface area contributed by atoms with Crippen molar-refractivity contribution in [3.8, 4) is 11.8 Å². The van der Waals surface area contributed by atoms with E-state index in [2.05, 4.69) is 17.5 Å². The molecule has 1 heterocycles. The molecule has 0 spiro atoms. The number of para-hydroxylation sites is 1. The monoisotopic (exact) mass is 216 g/mol. The van der Waals surface area contributed by atoms with E-state index in [1.165, 1.54) is 5.56 Å². The van der Waals surface area contributed by atoms with Gasteiger partial charge in [-0.15, -0.1) is 0 Å². The minimum Gasteiger partial charge on any atom is -0.493 e. The maximum absolute atomic E-state index is 8.65. The molecule has 0 aromatic heterocycles. The second-order valence-electron chi connectivity index (χ2n) is 4.16. The summed E-state index contributed by atoms with van der Waals surface area (Å²) in [5, 5.41) is 12.1. The third-order valence-electron chi connectivity index (χ3n) is 2.84. The molecule has 0 aliphatic carbocycles. The number of nitrogens with zero attached hydrogens (tertiary/aromatic N) is 1. The molecule has 0 unspecified atom stereocenters. The number of rotatable bonds is 3. The molecule has 0 fully saturated rings. The lowest BCUT2D eigenvalue weighted by Crippen LogP contribution is -2.33. The minimum atomic E-state index is 0.223. The van der Waals surface area contributed by atoms with Gasteiger partial charge in [0, 0.05) is 24.1 Å². The van der Waals surface area contributed by atoms with Gasteiger partial charge in [0.25, 0.3) is 0 Å². The first-order chi connectivity index (χ1) is 7.81. The van der Waals surface area contributed by atoms with Gasteiger partial charge in [-0.1, -0.05) is 18.2 Å². The summed E-state index contributed by atoms with van der Waals surface area (Å²) in [5.41, 5.74) is 1.21. The molecule has 1 N–H and O–H groups in total. The lowest BCUT2D eigenvalue weighted by Gasteiger charge is -2.28. The van der Waals surface area contributed by atoms with Crippen LogP contribution >= 0.6 is 0 Å². The van der Waals surface area contributed by atoms with Gasteiger partial charge in [-0.3, -0.25) is 0 Å². The fourth-order valence-electron chi connectivity index (χ4n) is 2.05. The van der Waals surface area contributed by atoms with E-state index in [0.29, 0.717) is 12.5 Å². The summed E-state index contributed by atoms with van der Waals surface area (Å²) in [4.78, 5) is 0. The molecular weight excluding hydrogens is 200 g/mol. The van der Waals surface area contributed by atoms with Gasteiger partial charge in [0.15, 0.2) is 0 Å². The van der Waals surface area contributed by atoms with Crippen LogP contribution in [0.3, 0.4) is 0 Å². The molecule has 0 saturated carbocycles. The Morgan fingerprint density at radius 3 is 3.19 bits per heavy atom. The van der Waals surface area contributed by atoms with Gasteiger partial charge in [-0.2, -0.15) is 5.26 Å². The van der Waals surface area contributed by atoms with Crippen molar-refractivity contribution in [1.82, 2.24) is 5.32 Å². The Kier molecular flexibility index (Phi) is 3.43. The van der Waals surface area contributed by atoms with Gasteiger partial charge >= 0.3 is 0 Å². The molecular formula is C13H16N2O. The van der Waals surface area contributed by atoms with Crippen molar-refractivity contribution in [3.63, 3.8) is 0 Å². The van der Waals surface area contributed by atoms with Crippen LogP contribution in [0.15, 0.2) is 24.3 Å². The Hall–Kier alpha value is -1.53. The molecule has 0 bridgehead atoms. The van der Waals surface area contributed by atoms with E-state index in [4.69, 9.17) is 10.00 Å². The molecule has 84 valence electrons. The Morgan fingerprint density at radius 1 is 1.56 bits per heavy atom. The Balaban J connectivity index is 2.10. The molecule has 16 heavy (non-hydrogen) atoms. The highest BCUT2D eigenvalue weighted by atomic mass is 16.5. The topological polar surface area (TPSA) is 45.0 Å². The maximum Gasteiger partial charge on any atom is 0.124 e. The quantitative estimate of drug-likeness (QED) is 0.843. The second kappa shape index (κ2) is 5.00. The van der Waals surface area contributed by atoms with Gasteiger partial charge < -0.3 is 10.1 Å². The molecule has 1 aromatic rings. The van der Waals surface area contributed by atoms with Gasteiger partial charge in [0.1, 0.15) is 5.75 Å². The van der Waals surface area contributed by atoms with E-state index in [9.17, 15) is 0 Å². The van der Waals surface area contributed by atoms with Crippen LogP contribution in [0, 0.1) is 11.3 Å². The summed E-state index contributed by atoms with van der Waals surface area (Å²) < 4.78 is 5.59. The highest BCUT2D eigenvalue weighted by molar-refractivity contribution is 5.37. The Morgan fingerprint density at radius 2 is 2.38 bits per heavy atom. The van der Waals surface area contributed by atoms with Crippen molar-refractivity contribution in [2.75, 3.05) is 6.61 Å². The number of fused-ring (bicyclic) bond motifs is 1. The zero-order chi connectivity index (χ0) is 11.4. The van der Waals surface area contributed by atoms with E-state index in [-0.39, 0.29) is 6.04 Å². The van der Waals surface area contributed by atoms with Crippen molar-refractivity contribution in [2.45, 2.75) is 31.8 Å². The van der Waals surface area contributed by atoms with Crippen molar-refractivity contribution in [1.29, 1.82) is 5.26 Å². The van der Waals surface area contributed by atoms with E-state index < -0.39 is 0 Å². The van der Waals surface area contributed by atoms with Crippen LogP contribution in [0.4, 0.5) is 0 Å². The standard InChI is InChI=1S/C13H16N2O/c1-10(6-8-14)15-12-7-9-16-13-5-3-2-4-11(12)13/h2-5,10,12,15H,6-7,9H2,1H3/t10-,12-/m1/s1. The molecule has 0 radical (unpaired) electrons. The molecule has 0 amide bonds. The van der Waals surface area contributed by atoms with Gasteiger partial charge in [-0.05, 0) is 13.0 Å². The first-order valence-electron chi connectivity index (χ1n) is 5.66. The summed E-state index contributed by atoms with van der Waals surface area (Å²) in [5.74, 6) is 0.968. The summed E-state index contributed by atoms with van der Waals surface area (Å²) in [6, 6.07) is 10.8. The number of benzene rings is 1. The van der Waals surface area contributed by atoms with E-state index in [1.54, 1.807) is 0 Å². The first-order valence-corrected chi connectivity index (χ1v) is 5.66. The lowest BCUT2D eigenvalue weighted by molar-refractivity contribution is 0.246. The molecule has 1 aliphatic heterocycles. The van der Waals surface area contributed by atoms with Crippen LogP contribution in [-0.2, 0) is 0 Å². The predicted octanol–water partition coefficient (Wildman–Crippen LogP) is 2.40. The van der Waals surface area contributed by atoms with Crippen LogP contribution in [0.25, 0.3) is 0 Å². The molecule has 2 atom stereocenters. The van der Waals surface area contributed by atoms with Crippen LogP contribution in [-0.4, -0.2) is 12.6 Å². The number of hydrogen-bond acceptors (Lipinski definition) is 3. The van der Waals surface area contributed by atoms with Gasteiger partial charge in [0.05, 0.1) is 19.1 Å². The summed E-state index contributed by atoms with van der Waals surface area (Å²) in [6.45, 7) is 2.79. The van der Waals surface area contributed by atoms with Gasteiger partial charge in [-0.25, -0.2) is 0 Å². The van der Waals surface area contributed by atoms with Crippen LogP contribution in [0.5, 0.6) is 5.75 Å².